The smallest absolute Gasteiger partial charge is 0.271 e. The molecular weight excluding hydrogens is 550 g/mol. The van der Waals surface area contributed by atoms with E-state index in [1.54, 1.807) is 16.7 Å². The second-order valence-electron chi connectivity index (χ2n) is 9.08. The molecule has 1 aliphatic rings. The molecule has 0 radical (unpaired) electrons. The highest BCUT2D eigenvalue weighted by Crippen LogP contribution is 2.33. The maximum absolute atomic E-state index is 13.8. The topological polar surface area (TPSA) is 76.6 Å². The van der Waals surface area contributed by atoms with Crippen LogP contribution in [-0.4, -0.2) is 10.5 Å². The Hall–Kier alpha value is -3.98. The number of anilines is 1. The monoisotopic (exact) mass is 571 g/mol. The molecule has 0 unspecified atom stereocenters. The molecule has 1 atom stereocenters. The highest BCUT2D eigenvalue weighted by molar-refractivity contribution is 7.10. The van der Waals surface area contributed by atoms with E-state index in [0.29, 0.717) is 37.1 Å². The third kappa shape index (κ3) is 4.83. The Kier molecular flexibility index (Phi) is 6.68. The number of hydrogen-bond donors (Lipinski definition) is 1. The number of thiazole rings is 1. The number of carbonyl (C=O) groups is 1. The molecule has 3 aromatic heterocycles. The summed E-state index contributed by atoms with van der Waals surface area (Å²) in [7, 11) is 0. The van der Waals surface area contributed by atoms with Crippen molar-refractivity contribution in [3.63, 3.8) is 0 Å². The Morgan fingerprint density at radius 3 is 2.69 bits per heavy atom. The summed E-state index contributed by atoms with van der Waals surface area (Å²) >= 11 is 8.91. The van der Waals surface area contributed by atoms with Crippen molar-refractivity contribution in [3.05, 3.63) is 130 Å². The van der Waals surface area contributed by atoms with Crippen LogP contribution in [-0.2, 0) is 4.79 Å². The fourth-order valence-corrected chi connectivity index (χ4v) is 6.63. The number of aromatic nitrogens is 1. The van der Waals surface area contributed by atoms with Crippen LogP contribution in [0, 0.1) is 6.92 Å². The second-order valence-corrected chi connectivity index (χ2v) is 11.5. The highest BCUT2D eigenvalue weighted by atomic mass is 35.5. The van der Waals surface area contributed by atoms with Gasteiger partial charge in [0.2, 0.25) is 0 Å². The van der Waals surface area contributed by atoms with E-state index in [9.17, 15) is 9.59 Å². The maximum atomic E-state index is 13.8. The van der Waals surface area contributed by atoms with Gasteiger partial charge in [-0.15, -0.1) is 11.3 Å². The molecular formula is C30H22ClN3O3S2. The molecule has 1 N–H and O–H groups in total. The molecule has 0 saturated carbocycles. The second kappa shape index (κ2) is 10.3. The normalized spacial score (nSPS) is 15.3. The molecule has 2 aromatic carbocycles. The van der Waals surface area contributed by atoms with Crippen LogP contribution >= 0.6 is 34.3 Å². The molecule has 194 valence electrons. The lowest BCUT2D eigenvalue weighted by molar-refractivity contribution is -0.113. The first-order valence-corrected chi connectivity index (χ1v) is 14.2. The van der Waals surface area contributed by atoms with Gasteiger partial charge in [-0.2, -0.15) is 0 Å². The van der Waals surface area contributed by atoms with Crippen molar-refractivity contribution in [2.45, 2.75) is 19.9 Å². The Morgan fingerprint density at radius 2 is 1.92 bits per heavy atom. The van der Waals surface area contributed by atoms with Gasteiger partial charge in [-0.05, 0) is 61.2 Å². The van der Waals surface area contributed by atoms with E-state index in [-0.39, 0.29) is 11.5 Å². The number of halogens is 1. The van der Waals surface area contributed by atoms with E-state index in [2.05, 4.69) is 5.32 Å². The summed E-state index contributed by atoms with van der Waals surface area (Å²) in [4.78, 5) is 33.6. The molecule has 39 heavy (non-hydrogen) atoms. The maximum Gasteiger partial charge on any atom is 0.271 e. The summed E-state index contributed by atoms with van der Waals surface area (Å²) < 4.78 is 8.10. The average molecular weight is 572 g/mol. The summed E-state index contributed by atoms with van der Waals surface area (Å²) in [5.74, 6) is 0.908. The van der Waals surface area contributed by atoms with Gasteiger partial charge in [0.1, 0.15) is 17.6 Å². The third-order valence-corrected chi connectivity index (χ3v) is 8.62. The predicted molar refractivity (Wildman–Crippen MR) is 157 cm³/mol. The van der Waals surface area contributed by atoms with E-state index < -0.39 is 6.04 Å². The SMILES string of the molecule is CC1=C(C(=O)Nc2ccccc2C)[C@H](c2cccs2)n2c(s/c(=C/c3ccc(-c4cccc(Cl)c4)o3)c2=O)=N1. The van der Waals surface area contributed by atoms with Crippen LogP contribution in [0.1, 0.15) is 29.2 Å². The van der Waals surface area contributed by atoms with Gasteiger partial charge in [-0.1, -0.05) is 59.3 Å². The van der Waals surface area contributed by atoms with Crippen molar-refractivity contribution >= 4 is 51.9 Å². The Labute approximate surface area is 236 Å². The van der Waals surface area contributed by atoms with Gasteiger partial charge in [0.15, 0.2) is 4.80 Å². The largest absolute Gasteiger partial charge is 0.457 e. The van der Waals surface area contributed by atoms with E-state index in [1.165, 1.54) is 22.7 Å². The van der Waals surface area contributed by atoms with Crippen LogP contribution in [0.25, 0.3) is 17.4 Å². The number of amides is 1. The first-order chi connectivity index (χ1) is 18.9. The highest BCUT2D eigenvalue weighted by Gasteiger charge is 2.33. The molecule has 6 nitrogen and oxygen atoms in total. The van der Waals surface area contributed by atoms with Crippen molar-refractivity contribution in [1.29, 1.82) is 0 Å². The number of nitrogens with zero attached hydrogens (tertiary/aromatic N) is 2. The van der Waals surface area contributed by atoms with Crippen molar-refractivity contribution in [2.75, 3.05) is 5.32 Å². The quantitative estimate of drug-likeness (QED) is 0.275. The van der Waals surface area contributed by atoms with Crippen LogP contribution in [0.5, 0.6) is 0 Å². The van der Waals surface area contributed by atoms with Crippen LogP contribution in [0.2, 0.25) is 5.02 Å². The van der Waals surface area contributed by atoms with E-state index in [1.807, 2.05) is 86.0 Å². The fraction of sp³-hybridized carbons (Fsp3) is 0.100. The number of thiophene rings is 1. The zero-order valence-corrected chi connectivity index (χ0v) is 23.4. The summed E-state index contributed by atoms with van der Waals surface area (Å²) in [6, 6.07) is 21.9. The van der Waals surface area contributed by atoms with Crippen molar-refractivity contribution in [2.24, 2.45) is 4.99 Å². The first-order valence-electron chi connectivity index (χ1n) is 12.2. The zero-order valence-electron chi connectivity index (χ0n) is 21.0. The lowest BCUT2D eigenvalue weighted by atomic mass is 10.0. The van der Waals surface area contributed by atoms with Gasteiger partial charge < -0.3 is 9.73 Å². The van der Waals surface area contributed by atoms with Crippen molar-refractivity contribution in [3.8, 4) is 11.3 Å². The molecule has 9 heteroatoms. The minimum atomic E-state index is -0.592. The van der Waals surface area contributed by atoms with E-state index in [4.69, 9.17) is 21.0 Å². The third-order valence-electron chi connectivity index (χ3n) is 6.48. The number of para-hydroxylation sites is 1. The standard InChI is InChI=1S/C30H22ClN3O3S2/c1-17-7-3-4-10-22(17)33-28(35)26-18(2)32-30-34(27(26)24-11-6-14-38-24)29(36)25(39-30)16-21-12-13-23(37-21)19-8-5-9-20(31)15-19/h3-16,27H,1-2H3,(H,33,35)/b25-16+/t27-/m0/s1. The molecule has 0 saturated heterocycles. The number of nitrogens with one attached hydrogen (secondary N) is 1. The minimum Gasteiger partial charge on any atom is -0.457 e. The number of benzene rings is 2. The molecule has 0 fully saturated rings. The molecule has 0 bridgehead atoms. The Balaban J connectivity index is 1.43. The summed E-state index contributed by atoms with van der Waals surface area (Å²) in [6.07, 6.45) is 1.72. The van der Waals surface area contributed by atoms with E-state index >= 15 is 0 Å². The predicted octanol–water partition coefficient (Wildman–Crippen LogP) is 6.16. The molecule has 0 spiro atoms. The van der Waals surface area contributed by atoms with Crippen LogP contribution in [0.15, 0.2) is 104 Å². The summed E-state index contributed by atoms with van der Waals surface area (Å²) in [5.41, 5.74) is 3.31. The van der Waals surface area contributed by atoms with Gasteiger partial charge in [-0.25, -0.2) is 4.99 Å². The number of furan rings is 1. The van der Waals surface area contributed by atoms with Crippen LogP contribution < -0.4 is 20.2 Å². The van der Waals surface area contributed by atoms with Gasteiger partial charge in [0.05, 0.1) is 15.8 Å². The first kappa shape index (κ1) is 25.3. The lowest BCUT2D eigenvalue weighted by Crippen LogP contribution is -2.40. The number of allylic oxidation sites excluding steroid dienone is 1. The average Bonchev–Trinajstić information content (AvgIpc) is 3.67. The summed E-state index contributed by atoms with van der Waals surface area (Å²) in [6.45, 7) is 3.75. The van der Waals surface area contributed by atoms with Crippen molar-refractivity contribution < 1.29 is 9.21 Å². The van der Waals surface area contributed by atoms with Crippen molar-refractivity contribution in [1.82, 2.24) is 4.57 Å². The molecule has 1 aliphatic heterocycles. The number of fused-ring (bicyclic) bond motifs is 1. The summed E-state index contributed by atoms with van der Waals surface area (Å²) in [5, 5.41) is 5.58. The van der Waals surface area contributed by atoms with E-state index in [0.717, 1.165) is 21.7 Å². The molecule has 6 rings (SSSR count). The van der Waals surface area contributed by atoms with Crippen LogP contribution in [0.4, 0.5) is 5.69 Å². The number of hydrogen-bond acceptors (Lipinski definition) is 6. The van der Waals surface area contributed by atoms with Gasteiger partial charge in [-0.3, -0.25) is 14.2 Å². The van der Waals surface area contributed by atoms with Gasteiger partial charge in [0, 0.05) is 27.2 Å². The molecule has 1 amide bonds. The Bertz CT molecular complexity index is 1930. The molecule has 5 aromatic rings. The Morgan fingerprint density at radius 1 is 1.08 bits per heavy atom. The van der Waals surface area contributed by atoms with Gasteiger partial charge in [0.25, 0.3) is 11.5 Å². The van der Waals surface area contributed by atoms with Crippen LogP contribution in [0.3, 0.4) is 0 Å². The number of rotatable bonds is 5. The minimum absolute atomic E-state index is 0.230. The molecule has 0 aliphatic carbocycles. The fourth-order valence-electron chi connectivity index (χ4n) is 4.59. The number of aryl methyl sites for hydroxylation is 1. The zero-order chi connectivity index (χ0) is 27.1. The van der Waals surface area contributed by atoms with Gasteiger partial charge >= 0.3 is 0 Å². The lowest BCUT2D eigenvalue weighted by Gasteiger charge is -2.24. The number of carbonyl (C=O) groups excluding carboxylic acids is 1. The molecule has 4 heterocycles.